The Morgan fingerprint density at radius 3 is 2.35 bits per heavy atom. The predicted octanol–water partition coefficient (Wildman–Crippen LogP) is 3.57. The van der Waals surface area contributed by atoms with Gasteiger partial charge in [-0.25, -0.2) is 9.78 Å². The summed E-state index contributed by atoms with van der Waals surface area (Å²) < 4.78 is 0. The molecule has 98 valence electrons. The summed E-state index contributed by atoms with van der Waals surface area (Å²) in [4.78, 5) is 19.4. The van der Waals surface area contributed by atoms with Gasteiger partial charge >= 0.3 is 5.97 Å². The number of hydrogen-bond acceptors (Lipinski definition) is 4. The zero-order chi connectivity index (χ0) is 13.9. The fraction of sp³-hybridized carbons (Fsp3) is 0. The van der Waals surface area contributed by atoms with Crippen molar-refractivity contribution in [3.05, 3.63) is 59.7 Å². The van der Waals surface area contributed by atoms with Gasteiger partial charge in [0, 0.05) is 28.9 Å². The summed E-state index contributed by atoms with van der Waals surface area (Å²) in [6.07, 6.45) is 3.47. The number of carboxylic acids is 1. The number of carbonyl (C=O) groups is 1. The van der Waals surface area contributed by atoms with E-state index in [-0.39, 0.29) is 5.56 Å². The van der Waals surface area contributed by atoms with Crippen molar-refractivity contribution >= 4 is 17.3 Å². The quantitative estimate of drug-likeness (QED) is 0.797. The lowest BCUT2D eigenvalue weighted by Gasteiger charge is -1.98. The predicted molar refractivity (Wildman–Crippen MR) is 77.7 cm³/mol. The summed E-state index contributed by atoms with van der Waals surface area (Å²) in [6.45, 7) is 0. The van der Waals surface area contributed by atoms with Crippen molar-refractivity contribution in [3.8, 4) is 21.8 Å². The lowest BCUT2D eigenvalue weighted by atomic mass is 10.1. The summed E-state index contributed by atoms with van der Waals surface area (Å²) in [6, 6.07) is 10.5. The molecule has 2 aromatic heterocycles. The van der Waals surface area contributed by atoms with Crippen molar-refractivity contribution in [2.75, 3.05) is 0 Å². The molecule has 2 heterocycles. The molecule has 0 amide bonds. The van der Waals surface area contributed by atoms with Crippen LogP contribution in [0.2, 0.25) is 0 Å². The average Bonchev–Trinajstić information content (AvgIpc) is 2.98. The largest absolute Gasteiger partial charge is 0.478 e. The van der Waals surface area contributed by atoms with Gasteiger partial charge in [-0.3, -0.25) is 4.98 Å². The molecule has 0 saturated carbocycles. The van der Waals surface area contributed by atoms with Crippen LogP contribution < -0.4 is 0 Å². The van der Waals surface area contributed by atoms with Crippen molar-refractivity contribution in [2.45, 2.75) is 0 Å². The van der Waals surface area contributed by atoms with E-state index in [1.807, 2.05) is 17.5 Å². The molecule has 4 nitrogen and oxygen atoms in total. The van der Waals surface area contributed by atoms with Gasteiger partial charge in [-0.1, -0.05) is 12.1 Å². The molecule has 0 aliphatic rings. The third-order valence-corrected chi connectivity index (χ3v) is 3.75. The van der Waals surface area contributed by atoms with Crippen LogP contribution in [0.15, 0.2) is 54.2 Å². The maximum Gasteiger partial charge on any atom is 0.335 e. The number of nitrogens with zero attached hydrogens (tertiary/aromatic N) is 2. The molecule has 0 aliphatic heterocycles. The molecule has 0 fully saturated rings. The van der Waals surface area contributed by atoms with Crippen molar-refractivity contribution in [2.24, 2.45) is 0 Å². The molecular weight excluding hydrogens is 272 g/mol. The van der Waals surface area contributed by atoms with E-state index in [1.54, 1.807) is 48.0 Å². The van der Waals surface area contributed by atoms with Crippen molar-refractivity contribution in [1.82, 2.24) is 9.97 Å². The van der Waals surface area contributed by atoms with E-state index in [9.17, 15) is 4.79 Å². The van der Waals surface area contributed by atoms with Crippen molar-refractivity contribution in [3.63, 3.8) is 0 Å². The Labute approximate surface area is 119 Å². The third kappa shape index (κ3) is 2.44. The molecule has 3 aromatic rings. The van der Waals surface area contributed by atoms with Crippen LogP contribution in [0.4, 0.5) is 0 Å². The molecule has 3 rings (SSSR count). The van der Waals surface area contributed by atoms with E-state index in [2.05, 4.69) is 9.97 Å². The van der Waals surface area contributed by atoms with Gasteiger partial charge in [0.25, 0.3) is 0 Å². The zero-order valence-electron chi connectivity index (χ0n) is 10.4. The Hall–Kier alpha value is -2.53. The summed E-state index contributed by atoms with van der Waals surface area (Å²) >= 11 is 1.55. The van der Waals surface area contributed by atoms with E-state index in [1.165, 1.54) is 0 Å². The van der Waals surface area contributed by atoms with Crippen LogP contribution in [0.25, 0.3) is 21.8 Å². The molecule has 0 atom stereocenters. The molecular formula is C15H10N2O2S. The standard InChI is InChI=1S/C15H10N2O2S/c18-15(19)12-3-1-10(2-4-12)13-9-20-14(17-13)11-5-7-16-8-6-11/h1-9H,(H,18,19). The summed E-state index contributed by atoms with van der Waals surface area (Å²) in [5.41, 5.74) is 3.06. The van der Waals surface area contributed by atoms with Crippen LogP contribution in [0.1, 0.15) is 10.4 Å². The number of rotatable bonds is 3. The molecule has 0 radical (unpaired) electrons. The van der Waals surface area contributed by atoms with E-state index >= 15 is 0 Å². The van der Waals surface area contributed by atoms with E-state index in [0.717, 1.165) is 21.8 Å². The highest BCUT2D eigenvalue weighted by Crippen LogP contribution is 2.28. The van der Waals surface area contributed by atoms with E-state index in [4.69, 9.17) is 5.11 Å². The van der Waals surface area contributed by atoms with Crippen LogP contribution in [0.5, 0.6) is 0 Å². The fourth-order valence-electron chi connectivity index (χ4n) is 1.82. The summed E-state index contributed by atoms with van der Waals surface area (Å²) in [5.74, 6) is -0.924. The summed E-state index contributed by atoms with van der Waals surface area (Å²) in [5, 5.41) is 11.8. The Balaban J connectivity index is 1.92. The summed E-state index contributed by atoms with van der Waals surface area (Å²) in [7, 11) is 0. The molecule has 0 bridgehead atoms. The first-order valence-electron chi connectivity index (χ1n) is 5.94. The Bertz CT molecular complexity index is 736. The van der Waals surface area contributed by atoms with Crippen LogP contribution in [-0.2, 0) is 0 Å². The first-order valence-corrected chi connectivity index (χ1v) is 6.81. The van der Waals surface area contributed by atoms with Gasteiger partial charge in [0.05, 0.1) is 11.3 Å². The normalized spacial score (nSPS) is 10.4. The lowest BCUT2D eigenvalue weighted by molar-refractivity contribution is 0.0697. The molecule has 0 aliphatic carbocycles. The molecule has 0 unspecified atom stereocenters. The molecule has 1 aromatic carbocycles. The number of pyridine rings is 1. The SMILES string of the molecule is O=C(O)c1ccc(-c2csc(-c3ccncc3)n2)cc1. The lowest BCUT2D eigenvalue weighted by Crippen LogP contribution is -1.94. The van der Waals surface area contributed by atoms with Crippen LogP contribution in [0, 0.1) is 0 Å². The van der Waals surface area contributed by atoms with Crippen molar-refractivity contribution < 1.29 is 9.90 Å². The van der Waals surface area contributed by atoms with Gasteiger partial charge in [-0.2, -0.15) is 0 Å². The van der Waals surface area contributed by atoms with E-state index < -0.39 is 5.97 Å². The van der Waals surface area contributed by atoms with Gasteiger partial charge in [0.15, 0.2) is 0 Å². The topological polar surface area (TPSA) is 63.1 Å². The average molecular weight is 282 g/mol. The second-order valence-corrected chi connectivity index (χ2v) is 5.01. The Morgan fingerprint density at radius 1 is 1.00 bits per heavy atom. The Kier molecular flexibility index (Phi) is 3.26. The first-order chi connectivity index (χ1) is 9.74. The maximum absolute atomic E-state index is 10.8. The molecule has 20 heavy (non-hydrogen) atoms. The number of hydrogen-bond donors (Lipinski definition) is 1. The minimum absolute atomic E-state index is 0.276. The smallest absolute Gasteiger partial charge is 0.335 e. The number of benzene rings is 1. The van der Waals surface area contributed by atoms with Gasteiger partial charge in [-0.15, -0.1) is 11.3 Å². The molecule has 0 spiro atoms. The number of carboxylic acid groups (broad SMARTS) is 1. The monoisotopic (exact) mass is 282 g/mol. The minimum Gasteiger partial charge on any atom is -0.478 e. The first kappa shape index (κ1) is 12.5. The molecule has 0 saturated heterocycles. The van der Waals surface area contributed by atoms with Crippen LogP contribution in [-0.4, -0.2) is 21.0 Å². The number of thiazole rings is 1. The fourth-order valence-corrected chi connectivity index (χ4v) is 2.65. The Morgan fingerprint density at radius 2 is 1.70 bits per heavy atom. The molecule has 1 N–H and O–H groups in total. The maximum atomic E-state index is 10.8. The second-order valence-electron chi connectivity index (χ2n) is 4.16. The van der Waals surface area contributed by atoms with E-state index in [0.29, 0.717) is 0 Å². The van der Waals surface area contributed by atoms with Crippen LogP contribution >= 0.6 is 11.3 Å². The third-order valence-electron chi connectivity index (χ3n) is 2.86. The zero-order valence-corrected chi connectivity index (χ0v) is 11.2. The van der Waals surface area contributed by atoms with Crippen LogP contribution in [0.3, 0.4) is 0 Å². The highest BCUT2D eigenvalue weighted by Gasteiger charge is 2.08. The van der Waals surface area contributed by atoms with Gasteiger partial charge in [-0.05, 0) is 24.3 Å². The number of aromatic carboxylic acids is 1. The van der Waals surface area contributed by atoms with Gasteiger partial charge < -0.3 is 5.11 Å². The minimum atomic E-state index is -0.924. The van der Waals surface area contributed by atoms with Gasteiger partial charge in [0.1, 0.15) is 5.01 Å². The number of aromatic nitrogens is 2. The second kappa shape index (κ2) is 5.22. The molecule has 5 heteroatoms. The highest BCUT2D eigenvalue weighted by atomic mass is 32.1. The van der Waals surface area contributed by atoms with Crippen molar-refractivity contribution in [1.29, 1.82) is 0 Å². The van der Waals surface area contributed by atoms with Gasteiger partial charge in [0.2, 0.25) is 0 Å². The highest BCUT2D eigenvalue weighted by molar-refractivity contribution is 7.13.